The summed E-state index contributed by atoms with van der Waals surface area (Å²) in [6, 6.07) is 0.444. The fourth-order valence-electron chi connectivity index (χ4n) is 1.91. The van der Waals surface area contributed by atoms with E-state index in [0.29, 0.717) is 12.0 Å². The quantitative estimate of drug-likeness (QED) is 0.575. The van der Waals surface area contributed by atoms with Gasteiger partial charge < -0.3 is 5.32 Å². The Morgan fingerprint density at radius 2 is 2.20 bits per heavy atom. The molecule has 2 unspecified atom stereocenters. The highest BCUT2D eigenvalue weighted by Crippen LogP contribution is 2.41. The van der Waals surface area contributed by atoms with Gasteiger partial charge in [-0.05, 0) is 31.6 Å². The number of rotatable bonds is 1. The van der Waals surface area contributed by atoms with Crippen molar-refractivity contribution in [3.63, 3.8) is 0 Å². The van der Waals surface area contributed by atoms with Crippen molar-refractivity contribution in [1.29, 1.82) is 0 Å². The van der Waals surface area contributed by atoms with Gasteiger partial charge >= 0.3 is 0 Å². The van der Waals surface area contributed by atoms with Crippen LogP contribution in [0.3, 0.4) is 0 Å². The lowest BCUT2D eigenvalue weighted by molar-refractivity contribution is -0.119. The van der Waals surface area contributed by atoms with E-state index in [4.69, 9.17) is 0 Å². The van der Waals surface area contributed by atoms with Gasteiger partial charge in [0.25, 0.3) is 0 Å². The minimum atomic E-state index is 0.254. The minimum Gasteiger partial charge on any atom is -0.353 e. The van der Waals surface area contributed by atoms with Gasteiger partial charge in [-0.3, -0.25) is 4.79 Å². The molecule has 1 saturated heterocycles. The number of nitrogens with one attached hydrogen (secondary N) is 1. The first-order chi connectivity index (χ1) is 4.77. The van der Waals surface area contributed by atoms with Gasteiger partial charge in [-0.15, -0.1) is 0 Å². The van der Waals surface area contributed by atoms with Gasteiger partial charge in [0.1, 0.15) is 0 Å². The number of carbonyl (C=O) groups is 1. The van der Waals surface area contributed by atoms with Gasteiger partial charge in [0, 0.05) is 12.5 Å². The third-order valence-corrected chi connectivity index (χ3v) is 2.68. The molecule has 2 aliphatic rings. The third-order valence-electron chi connectivity index (χ3n) is 2.68. The molecule has 0 aromatic rings. The number of hydrogen-bond acceptors (Lipinski definition) is 1. The summed E-state index contributed by atoms with van der Waals surface area (Å²) in [6.45, 7) is 2.12. The van der Waals surface area contributed by atoms with E-state index < -0.39 is 0 Å². The van der Waals surface area contributed by atoms with Crippen LogP contribution in [0.15, 0.2) is 0 Å². The maximum absolute atomic E-state index is 10.9. The normalized spacial score (nSPS) is 39.9. The monoisotopic (exact) mass is 139 g/mol. The number of amides is 1. The SMILES string of the molecule is CC1NC(=O)CC1C1CC1. The summed E-state index contributed by atoms with van der Waals surface area (Å²) >= 11 is 0. The second kappa shape index (κ2) is 1.97. The highest BCUT2D eigenvalue weighted by atomic mass is 16.1. The minimum absolute atomic E-state index is 0.254. The van der Waals surface area contributed by atoms with Crippen LogP contribution in [-0.2, 0) is 4.79 Å². The second-order valence-electron chi connectivity index (χ2n) is 3.56. The van der Waals surface area contributed by atoms with Gasteiger partial charge in [-0.25, -0.2) is 0 Å². The highest BCUT2D eigenvalue weighted by molar-refractivity contribution is 5.79. The molecule has 0 radical (unpaired) electrons. The summed E-state index contributed by atoms with van der Waals surface area (Å²) in [6.07, 6.45) is 3.49. The Kier molecular flexibility index (Phi) is 1.22. The fraction of sp³-hybridized carbons (Fsp3) is 0.875. The van der Waals surface area contributed by atoms with Crippen LogP contribution < -0.4 is 5.32 Å². The summed E-state index contributed by atoms with van der Waals surface area (Å²) in [5.41, 5.74) is 0. The van der Waals surface area contributed by atoms with E-state index in [1.165, 1.54) is 12.8 Å². The Morgan fingerprint density at radius 1 is 1.50 bits per heavy atom. The van der Waals surface area contributed by atoms with Crippen LogP contribution in [0, 0.1) is 11.8 Å². The zero-order valence-electron chi connectivity index (χ0n) is 6.26. The molecule has 1 aliphatic carbocycles. The Morgan fingerprint density at radius 3 is 2.60 bits per heavy atom. The Balaban J connectivity index is 2.01. The molecule has 0 aromatic carbocycles. The van der Waals surface area contributed by atoms with Crippen LogP contribution in [0.5, 0.6) is 0 Å². The highest BCUT2D eigenvalue weighted by Gasteiger charge is 2.40. The molecule has 1 amide bonds. The lowest BCUT2D eigenvalue weighted by Crippen LogP contribution is -2.25. The Hall–Kier alpha value is -0.530. The van der Waals surface area contributed by atoms with E-state index in [-0.39, 0.29) is 5.91 Å². The molecule has 1 N–H and O–H groups in total. The van der Waals surface area contributed by atoms with Gasteiger partial charge in [-0.1, -0.05) is 0 Å². The zero-order valence-corrected chi connectivity index (χ0v) is 6.26. The molecule has 56 valence electrons. The van der Waals surface area contributed by atoms with Crippen molar-refractivity contribution >= 4 is 5.91 Å². The molecule has 1 aliphatic heterocycles. The lowest BCUT2D eigenvalue weighted by atomic mass is 9.97. The largest absolute Gasteiger partial charge is 0.353 e. The van der Waals surface area contributed by atoms with Crippen LogP contribution in [0.2, 0.25) is 0 Å². The Bertz CT molecular complexity index is 163. The maximum atomic E-state index is 10.9. The van der Waals surface area contributed by atoms with E-state index in [0.717, 1.165) is 12.3 Å². The Labute approximate surface area is 61.0 Å². The summed E-state index contributed by atoms with van der Waals surface area (Å²) in [4.78, 5) is 10.9. The summed E-state index contributed by atoms with van der Waals surface area (Å²) in [5, 5.41) is 2.95. The first-order valence-electron chi connectivity index (χ1n) is 4.07. The van der Waals surface area contributed by atoms with Crippen molar-refractivity contribution in [2.24, 2.45) is 11.8 Å². The van der Waals surface area contributed by atoms with Gasteiger partial charge in [-0.2, -0.15) is 0 Å². The molecule has 0 bridgehead atoms. The van der Waals surface area contributed by atoms with Gasteiger partial charge in [0.05, 0.1) is 0 Å². The summed E-state index contributed by atoms with van der Waals surface area (Å²) < 4.78 is 0. The molecule has 10 heavy (non-hydrogen) atoms. The maximum Gasteiger partial charge on any atom is 0.220 e. The summed E-state index contributed by atoms with van der Waals surface area (Å²) in [7, 11) is 0. The second-order valence-corrected chi connectivity index (χ2v) is 3.56. The van der Waals surface area contributed by atoms with Crippen LogP contribution in [0.25, 0.3) is 0 Å². The predicted octanol–water partition coefficient (Wildman–Crippen LogP) is 0.921. The van der Waals surface area contributed by atoms with Crippen molar-refractivity contribution in [3.8, 4) is 0 Å². The molecule has 2 nitrogen and oxygen atoms in total. The van der Waals surface area contributed by atoms with Crippen LogP contribution in [0.4, 0.5) is 0 Å². The summed E-state index contributed by atoms with van der Waals surface area (Å²) in [5.74, 6) is 1.78. The van der Waals surface area contributed by atoms with Crippen LogP contribution >= 0.6 is 0 Å². The molecule has 2 rings (SSSR count). The topological polar surface area (TPSA) is 29.1 Å². The van der Waals surface area contributed by atoms with Gasteiger partial charge in [0.15, 0.2) is 0 Å². The van der Waals surface area contributed by atoms with Crippen molar-refractivity contribution in [2.45, 2.75) is 32.2 Å². The van der Waals surface area contributed by atoms with E-state index in [1.54, 1.807) is 0 Å². The molecule has 0 aromatic heterocycles. The first kappa shape index (κ1) is 6.20. The molecule has 2 heteroatoms. The number of hydrogen-bond donors (Lipinski definition) is 1. The molecular formula is C8H13NO. The average molecular weight is 139 g/mol. The van der Waals surface area contributed by atoms with E-state index in [9.17, 15) is 4.79 Å². The molecule has 0 spiro atoms. The molecular weight excluding hydrogens is 126 g/mol. The van der Waals surface area contributed by atoms with Crippen molar-refractivity contribution < 1.29 is 4.79 Å². The first-order valence-corrected chi connectivity index (χ1v) is 4.07. The average Bonchev–Trinajstić information content (AvgIpc) is 2.61. The zero-order chi connectivity index (χ0) is 7.14. The van der Waals surface area contributed by atoms with Crippen molar-refractivity contribution in [3.05, 3.63) is 0 Å². The smallest absolute Gasteiger partial charge is 0.220 e. The van der Waals surface area contributed by atoms with E-state index in [2.05, 4.69) is 12.2 Å². The van der Waals surface area contributed by atoms with Crippen molar-refractivity contribution in [2.75, 3.05) is 0 Å². The van der Waals surface area contributed by atoms with E-state index in [1.807, 2.05) is 0 Å². The van der Waals surface area contributed by atoms with E-state index >= 15 is 0 Å². The van der Waals surface area contributed by atoms with Crippen LogP contribution in [0.1, 0.15) is 26.2 Å². The predicted molar refractivity (Wildman–Crippen MR) is 38.4 cm³/mol. The molecule has 2 atom stereocenters. The van der Waals surface area contributed by atoms with Gasteiger partial charge in [0.2, 0.25) is 5.91 Å². The third kappa shape index (κ3) is 0.917. The fourth-order valence-corrected chi connectivity index (χ4v) is 1.91. The number of carbonyl (C=O) groups excluding carboxylic acids is 1. The molecule has 1 saturated carbocycles. The van der Waals surface area contributed by atoms with Crippen molar-refractivity contribution in [1.82, 2.24) is 5.32 Å². The standard InChI is InChI=1S/C8H13NO/c1-5-7(6-2-3-6)4-8(10)9-5/h5-7H,2-4H2,1H3,(H,9,10). The van der Waals surface area contributed by atoms with Crippen LogP contribution in [-0.4, -0.2) is 11.9 Å². The molecule has 2 fully saturated rings. The lowest BCUT2D eigenvalue weighted by Gasteiger charge is -2.11. The molecule has 1 heterocycles.